The molecule has 0 saturated heterocycles. The summed E-state index contributed by atoms with van der Waals surface area (Å²) in [5.74, 6) is -0.824. The average molecular weight is 330 g/mol. The fourth-order valence-electron chi connectivity index (χ4n) is 1.82. The quantitative estimate of drug-likeness (QED) is 0.875. The lowest BCUT2D eigenvalue weighted by Gasteiger charge is -2.09. The molecule has 2 aromatic carbocycles. The Hall–Kier alpha value is -1.79. The van der Waals surface area contributed by atoms with Crippen molar-refractivity contribution in [3.8, 4) is 5.75 Å². The van der Waals surface area contributed by atoms with Gasteiger partial charge in [-0.2, -0.15) is 0 Å². The molecular formula is C14H13ClFNO3S. The van der Waals surface area contributed by atoms with Crippen molar-refractivity contribution in [1.29, 1.82) is 0 Å². The molecule has 0 spiro atoms. The van der Waals surface area contributed by atoms with Crippen LogP contribution in [0.1, 0.15) is 5.56 Å². The second-order valence-electron chi connectivity index (χ2n) is 4.41. The Morgan fingerprint density at radius 1 is 1.24 bits per heavy atom. The van der Waals surface area contributed by atoms with Crippen LogP contribution in [0.25, 0.3) is 0 Å². The monoisotopic (exact) mass is 329 g/mol. The Kier molecular flexibility index (Phi) is 4.39. The number of nitrogen functional groups attached to an aromatic ring is 1. The minimum absolute atomic E-state index is 0.0175. The van der Waals surface area contributed by atoms with E-state index in [4.69, 9.17) is 22.1 Å². The first kappa shape index (κ1) is 15.6. The van der Waals surface area contributed by atoms with Crippen molar-refractivity contribution in [1.82, 2.24) is 0 Å². The predicted octanol–water partition coefficient (Wildman–Crippen LogP) is 3.04. The van der Waals surface area contributed by atoms with Crippen molar-refractivity contribution in [2.75, 3.05) is 12.8 Å². The summed E-state index contributed by atoms with van der Waals surface area (Å²) in [6.07, 6.45) is 0. The summed E-state index contributed by atoms with van der Waals surface area (Å²) in [6.45, 7) is 0. The van der Waals surface area contributed by atoms with E-state index in [0.29, 0.717) is 11.4 Å². The number of anilines is 1. The van der Waals surface area contributed by atoms with Gasteiger partial charge in [-0.3, -0.25) is 0 Å². The van der Waals surface area contributed by atoms with Crippen molar-refractivity contribution < 1.29 is 17.5 Å². The maximum absolute atomic E-state index is 13.9. The molecule has 21 heavy (non-hydrogen) atoms. The van der Waals surface area contributed by atoms with Crippen LogP contribution in [0.3, 0.4) is 0 Å². The minimum atomic E-state index is -3.77. The maximum atomic E-state index is 13.9. The SMILES string of the molecule is COc1ccc(CS(=O)(=O)c2ccc(N)cc2Cl)c(F)c1. The van der Waals surface area contributed by atoms with Gasteiger partial charge in [-0.1, -0.05) is 17.7 Å². The highest BCUT2D eigenvalue weighted by Gasteiger charge is 2.21. The van der Waals surface area contributed by atoms with Crippen LogP contribution < -0.4 is 10.5 Å². The number of halogens is 2. The van der Waals surface area contributed by atoms with Crippen molar-refractivity contribution in [3.63, 3.8) is 0 Å². The molecule has 2 N–H and O–H groups in total. The summed E-state index contributed by atoms with van der Waals surface area (Å²) in [5, 5.41) is 0.0175. The largest absolute Gasteiger partial charge is 0.497 e. The molecule has 0 aliphatic rings. The zero-order valence-corrected chi connectivity index (χ0v) is 12.7. The third-order valence-corrected chi connectivity index (χ3v) is 5.04. The Morgan fingerprint density at radius 3 is 2.52 bits per heavy atom. The van der Waals surface area contributed by atoms with E-state index in [1.807, 2.05) is 0 Å². The van der Waals surface area contributed by atoms with Gasteiger partial charge in [-0.25, -0.2) is 12.8 Å². The van der Waals surface area contributed by atoms with Crippen LogP contribution in [0, 0.1) is 5.82 Å². The van der Waals surface area contributed by atoms with E-state index < -0.39 is 21.4 Å². The zero-order chi connectivity index (χ0) is 15.6. The topological polar surface area (TPSA) is 69.4 Å². The van der Waals surface area contributed by atoms with Crippen molar-refractivity contribution in [3.05, 3.63) is 52.8 Å². The van der Waals surface area contributed by atoms with E-state index in [1.54, 1.807) is 0 Å². The lowest BCUT2D eigenvalue weighted by molar-refractivity contribution is 0.411. The molecule has 0 fully saturated rings. The number of rotatable bonds is 4. The van der Waals surface area contributed by atoms with Gasteiger partial charge in [0.05, 0.1) is 22.8 Å². The number of sulfone groups is 1. The molecule has 0 aliphatic carbocycles. The number of methoxy groups -OCH3 is 1. The van der Waals surface area contributed by atoms with Gasteiger partial charge >= 0.3 is 0 Å². The van der Waals surface area contributed by atoms with Crippen LogP contribution in [0.15, 0.2) is 41.3 Å². The standard InChI is InChI=1S/C14H13ClFNO3S/c1-20-11-4-2-9(13(16)7-11)8-21(18,19)14-5-3-10(17)6-12(14)15/h2-7H,8,17H2,1H3. The highest BCUT2D eigenvalue weighted by Crippen LogP contribution is 2.28. The van der Waals surface area contributed by atoms with E-state index in [1.165, 1.54) is 37.4 Å². The molecule has 0 radical (unpaired) electrons. The van der Waals surface area contributed by atoms with E-state index in [0.717, 1.165) is 6.07 Å². The van der Waals surface area contributed by atoms with Crippen LogP contribution in [0.2, 0.25) is 5.02 Å². The minimum Gasteiger partial charge on any atom is -0.497 e. The second-order valence-corrected chi connectivity index (χ2v) is 6.77. The summed E-state index contributed by atoms with van der Waals surface area (Å²) in [4.78, 5) is -0.0754. The Balaban J connectivity index is 2.37. The summed E-state index contributed by atoms with van der Waals surface area (Å²) < 4.78 is 43.4. The van der Waals surface area contributed by atoms with Gasteiger partial charge < -0.3 is 10.5 Å². The number of benzene rings is 2. The Bertz CT molecular complexity index is 778. The van der Waals surface area contributed by atoms with Gasteiger partial charge in [0.2, 0.25) is 0 Å². The number of nitrogens with two attached hydrogens (primary N) is 1. The van der Waals surface area contributed by atoms with Crippen LogP contribution in [0.4, 0.5) is 10.1 Å². The molecule has 4 nitrogen and oxygen atoms in total. The number of hydrogen-bond acceptors (Lipinski definition) is 4. The van der Waals surface area contributed by atoms with E-state index in [9.17, 15) is 12.8 Å². The molecular weight excluding hydrogens is 317 g/mol. The van der Waals surface area contributed by atoms with Crippen LogP contribution in [0.5, 0.6) is 5.75 Å². The predicted molar refractivity (Wildman–Crippen MR) is 79.7 cm³/mol. The average Bonchev–Trinajstić information content (AvgIpc) is 2.40. The maximum Gasteiger partial charge on any atom is 0.184 e. The number of ether oxygens (including phenoxy) is 1. The van der Waals surface area contributed by atoms with Crippen LogP contribution in [-0.2, 0) is 15.6 Å². The smallest absolute Gasteiger partial charge is 0.184 e. The molecule has 112 valence electrons. The van der Waals surface area contributed by atoms with Crippen LogP contribution >= 0.6 is 11.6 Å². The fourth-order valence-corrected chi connectivity index (χ4v) is 3.80. The molecule has 0 amide bonds. The first-order valence-electron chi connectivity index (χ1n) is 5.93. The highest BCUT2D eigenvalue weighted by atomic mass is 35.5. The number of hydrogen-bond donors (Lipinski definition) is 1. The first-order chi connectivity index (χ1) is 9.83. The summed E-state index contributed by atoms with van der Waals surface area (Å²) >= 11 is 5.89. The summed E-state index contributed by atoms with van der Waals surface area (Å²) in [7, 11) is -2.37. The molecule has 2 rings (SSSR count). The lowest BCUT2D eigenvalue weighted by Crippen LogP contribution is -2.07. The molecule has 0 aromatic heterocycles. The summed E-state index contributed by atoms with van der Waals surface area (Å²) in [6, 6.07) is 8.10. The molecule has 0 saturated carbocycles. The molecule has 2 aromatic rings. The van der Waals surface area contributed by atoms with Gasteiger partial charge in [-0.15, -0.1) is 0 Å². The molecule has 0 unspecified atom stereocenters. The Labute approximate surface area is 127 Å². The van der Waals surface area contributed by atoms with Crippen LogP contribution in [-0.4, -0.2) is 15.5 Å². The second kappa shape index (κ2) is 5.91. The molecule has 0 atom stereocenters. The third kappa shape index (κ3) is 3.46. The van der Waals surface area contributed by atoms with Crippen molar-refractivity contribution in [2.24, 2.45) is 0 Å². The normalized spacial score (nSPS) is 11.4. The molecule has 0 bridgehead atoms. The molecule has 0 heterocycles. The van der Waals surface area contributed by atoms with Gasteiger partial charge in [0.15, 0.2) is 9.84 Å². The third-order valence-electron chi connectivity index (χ3n) is 2.90. The molecule has 0 aliphatic heterocycles. The first-order valence-corrected chi connectivity index (χ1v) is 7.96. The zero-order valence-electron chi connectivity index (χ0n) is 11.1. The van der Waals surface area contributed by atoms with E-state index in [2.05, 4.69) is 0 Å². The van der Waals surface area contributed by atoms with Gasteiger partial charge in [0, 0.05) is 17.3 Å². The van der Waals surface area contributed by atoms with Gasteiger partial charge in [0.1, 0.15) is 11.6 Å². The van der Waals surface area contributed by atoms with Gasteiger partial charge in [0.25, 0.3) is 0 Å². The van der Waals surface area contributed by atoms with E-state index >= 15 is 0 Å². The summed E-state index contributed by atoms with van der Waals surface area (Å²) in [5.41, 5.74) is 5.93. The van der Waals surface area contributed by atoms with Crippen molar-refractivity contribution in [2.45, 2.75) is 10.6 Å². The van der Waals surface area contributed by atoms with Crippen molar-refractivity contribution >= 4 is 27.1 Å². The molecule has 7 heteroatoms. The highest BCUT2D eigenvalue weighted by molar-refractivity contribution is 7.90. The van der Waals surface area contributed by atoms with Gasteiger partial charge in [-0.05, 0) is 24.3 Å². The lowest BCUT2D eigenvalue weighted by atomic mass is 10.2. The Morgan fingerprint density at radius 2 is 1.95 bits per heavy atom. The van der Waals surface area contributed by atoms with E-state index in [-0.39, 0.29) is 15.5 Å². The fraction of sp³-hybridized carbons (Fsp3) is 0.143.